The molecule has 4 rings (SSSR count). The molecule has 0 atom stereocenters. The molecule has 0 saturated heterocycles. The number of nitrogens with zero attached hydrogens (tertiary/aromatic N) is 1. The second kappa shape index (κ2) is 6.50. The minimum atomic E-state index is 0.964. The molecule has 23 heavy (non-hydrogen) atoms. The molecule has 0 aliphatic heterocycles. The highest BCUT2D eigenvalue weighted by Gasteiger charge is 2.17. The molecule has 118 valence electrons. The summed E-state index contributed by atoms with van der Waals surface area (Å²) < 4.78 is 0. The minimum absolute atomic E-state index is 0.964. The maximum absolute atomic E-state index is 4.58. The number of fused-ring (bicyclic) bond motifs is 3. The quantitative estimate of drug-likeness (QED) is 0.440. The average Bonchev–Trinajstić information content (AvgIpc) is 3.20. The second-order valence-electron chi connectivity index (χ2n) is 5.43. The molecular weight excluding hydrogens is 302 g/mol. The summed E-state index contributed by atoms with van der Waals surface area (Å²) in [5.41, 5.74) is 7.18. The number of pyridine rings is 1. The lowest BCUT2D eigenvalue weighted by molar-refractivity contribution is 1.07. The lowest BCUT2D eigenvalue weighted by atomic mass is 9.96. The lowest BCUT2D eigenvalue weighted by Gasteiger charge is -2.07. The Labute approximate surface area is 141 Å². The molecule has 4 heteroatoms. The molecule has 0 saturated carbocycles. The van der Waals surface area contributed by atoms with Crippen molar-refractivity contribution in [3.63, 3.8) is 0 Å². The van der Waals surface area contributed by atoms with Gasteiger partial charge in [0.2, 0.25) is 0 Å². The van der Waals surface area contributed by atoms with Gasteiger partial charge in [-0.05, 0) is 36.8 Å². The van der Waals surface area contributed by atoms with Crippen LogP contribution in [0.2, 0.25) is 0 Å². The summed E-state index contributed by atoms with van der Waals surface area (Å²) in [6.07, 6.45) is 6.53. The summed E-state index contributed by atoms with van der Waals surface area (Å²) in [6, 6.07) is 10.7. The molecule has 0 spiro atoms. The molecular formula is C19H21N3S. The first-order valence-corrected chi connectivity index (χ1v) is 8.66. The number of nitrogens with one attached hydrogen (secondary N) is 2. The Morgan fingerprint density at radius 2 is 1.91 bits per heavy atom. The lowest BCUT2D eigenvalue weighted by Crippen LogP contribution is -1.87. The van der Waals surface area contributed by atoms with Gasteiger partial charge in [-0.2, -0.15) is 12.6 Å². The summed E-state index contributed by atoms with van der Waals surface area (Å²) in [5.74, 6) is 0. The fraction of sp³-hybridized carbons (Fsp3) is 0.211. The van der Waals surface area contributed by atoms with E-state index >= 15 is 0 Å². The van der Waals surface area contributed by atoms with Crippen LogP contribution in [0.3, 0.4) is 0 Å². The Balaban J connectivity index is 0.000000753. The number of hydrogen-bond acceptors (Lipinski definition) is 2. The number of hydrogen-bond donors (Lipinski definition) is 3. The van der Waals surface area contributed by atoms with Gasteiger partial charge in [0.15, 0.2) is 0 Å². The minimum Gasteiger partial charge on any atom is -0.360 e. The Kier molecular flexibility index (Phi) is 4.44. The van der Waals surface area contributed by atoms with Gasteiger partial charge in [0.05, 0.1) is 11.7 Å². The standard InChI is InChI=1S/C18H17N3.CH4S/c1-3-14-16(12-7-5-4-6-11(12)2)17-13-8-9-19-15(13)10-20-18(17)21-14;1-2/h4-10,19H,3H2,1-2H3,(H,20,21);2H,1H3. The van der Waals surface area contributed by atoms with Gasteiger partial charge in [0.25, 0.3) is 0 Å². The van der Waals surface area contributed by atoms with Gasteiger partial charge in [-0.25, -0.2) is 4.98 Å². The van der Waals surface area contributed by atoms with E-state index in [-0.39, 0.29) is 0 Å². The van der Waals surface area contributed by atoms with Gasteiger partial charge in [-0.1, -0.05) is 31.2 Å². The van der Waals surface area contributed by atoms with Gasteiger partial charge in [-0.15, -0.1) is 0 Å². The van der Waals surface area contributed by atoms with Crippen molar-refractivity contribution in [3.05, 3.63) is 54.0 Å². The first kappa shape index (κ1) is 15.7. The summed E-state index contributed by atoms with van der Waals surface area (Å²) in [7, 11) is 0. The molecule has 0 amide bonds. The number of aryl methyl sites for hydroxylation is 2. The Hall–Kier alpha value is -2.20. The second-order valence-corrected chi connectivity index (χ2v) is 5.43. The van der Waals surface area contributed by atoms with E-state index in [1.165, 1.54) is 33.2 Å². The van der Waals surface area contributed by atoms with Crippen molar-refractivity contribution in [1.82, 2.24) is 15.0 Å². The van der Waals surface area contributed by atoms with Crippen LogP contribution in [0.15, 0.2) is 42.7 Å². The van der Waals surface area contributed by atoms with E-state index in [0.29, 0.717) is 0 Å². The van der Waals surface area contributed by atoms with Crippen LogP contribution in [-0.4, -0.2) is 21.2 Å². The molecule has 0 radical (unpaired) electrons. The van der Waals surface area contributed by atoms with Crippen molar-refractivity contribution < 1.29 is 0 Å². The van der Waals surface area contributed by atoms with Crippen LogP contribution in [0.4, 0.5) is 0 Å². The van der Waals surface area contributed by atoms with Crippen LogP contribution in [0.5, 0.6) is 0 Å². The fourth-order valence-electron chi connectivity index (χ4n) is 3.15. The molecule has 0 aliphatic rings. The molecule has 3 nitrogen and oxygen atoms in total. The zero-order chi connectivity index (χ0) is 16.4. The topological polar surface area (TPSA) is 44.5 Å². The SMILES string of the molecule is CCc1[nH]c2ncc3[nH]ccc3c2c1-c1ccccc1C.CS. The van der Waals surface area contributed by atoms with Gasteiger partial charge >= 0.3 is 0 Å². The number of benzene rings is 1. The third kappa shape index (κ3) is 2.53. The molecule has 0 fully saturated rings. The predicted octanol–water partition coefficient (Wildman–Crippen LogP) is 5.13. The molecule has 1 aromatic carbocycles. The Morgan fingerprint density at radius 1 is 1.13 bits per heavy atom. The van der Waals surface area contributed by atoms with Gasteiger partial charge in [0.1, 0.15) is 5.65 Å². The van der Waals surface area contributed by atoms with E-state index < -0.39 is 0 Å². The van der Waals surface area contributed by atoms with Crippen LogP contribution in [0, 0.1) is 6.92 Å². The van der Waals surface area contributed by atoms with E-state index in [1.807, 2.05) is 12.4 Å². The number of rotatable bonds is 2. The smallest absolute Gasteiger partial charge is 0.138 e. The van der Waals surface area contributed by atoms with Crippen molar-refractivity contribution in [2.75, 3.05) is 6.26 Å². The molecule has 0 bridgehead atoms. The molecule has 0 aliphatic carbocycles. The zero-order valence-electron chi connectivity index (χ0n) is 13.6. The normalized spacial score (nSPS) is 10.8. The number of thiol groups is 1. The van der Waals surface area contributed by atoms with Gasteiger partial charge in [0, 0.05) is 28.2 Å². The number of aromatic amines is 2. The molecule has 0 unspecified atom stereocenters. The maximum atomic E-state index is 4.58. The maximum Gasteiger partial charge on any atom is 0.138 e. The van der Waals surface area contributed by atoms with Crippen molar-refractivity contribution in [1.29, 1.82) is 0 Å². The van der Waals surface area contributed by atoms with Crippen molar-refractivity contribution in [2.45, 2.75) is 20.3 Å². The van der Waals surface area contributed by atoms with Crippen molar-refractivity contribution >= 4 is 34.6 Å². The summed E-state index contributed by atoms with van der Waals surface area (Å²) in [4.78, 5) is 11.3. The number of H-pyrrole nitrogens is 2. The van der Waals surface area contributed by atoms with E-state index in [2.05, 4.69) is 71.8 Å². The zero-order valence-corrected chi connectivity index (χ0v) is 14.5. The largest absolute Gasteiger partial charge is 0.360 e. The third-order valence-corrected chi connectivity index (χ3v) is 4.20. The van der Waals surface area contributed by atoms with Crippen LogP contribution in [0.1, 0.15) is 18.2 Å². The van der Waals surface area contributed by atoms with Crippen LogP contribution in [0.25, 0.3) is 33.1 Å². The van der Waals surface area contributed by atoms with Crippen LogP contribution >= 0.6 is 12.6 Å². The Morgan fingerprint density at radius 3 is 2.65 bits per heavy atom. The van der Waals surface area contributed by atoms with Crippen molar-refractivity contribution in [2.24, 2.45) is 0 Å². The molecule has 2 N–H and O–H groups in total. The first-order chi connectivity index (χ1) is 11.3. The average molecular weight is 323 g/mol. The monoisotopic (exact) mass is 323 g/mol. The molecule has 3 heterocycles. The van der Waals surface area contributed by atoms with Crippen LogP contribution < -0.4 is 0 Å². The first-order valence-electron chi connectivity index (χ1n) is 7.77. The summed E-state index contributed by atoms with van der Waals surface area (Å²) in [5, 5.41) is 2.45. The van der Waals surface area contributed by atoms with E-state index in [1.54, 1.807) is 6.26 Å². The van der Waals surface area contributed by atoms with Gasteiger partial charge in [-0.3, -0.25) is 0 Å². The van der Waals surface area contributed by atoms with Crippen molar-refractivity contribution in [3.8, 4) is 11.1 Å². The molecule has 4 aromatic rings. The molecule has 3 aromatic heterocycles. The highest BCUT2D eigenvalue weighted by atomic mass is 32.1. The Bertz CT molecular complexity index is 950. The number of aromatic nitrogens is 3. The summed E-state index contributed by atoms with van der Waals surface area (Å²) >= 11 is 3.53. The summed E-state index contributed by atoms with van der Waals surface area (Å²) in [6.45, 7) is 4.35. The highest BCUT2D eigenvalue weighted by Crippen LogP contribution is 2.37. The van der Waals surface area contributed by atoms with Gasteiger partial charge < -0.3 is 9.97 Å². The predicted molar refractivity (Wildman–Crippen MR) is 102 cm³/mol. The third-order valence-electron chi connectivity index (χ3n) is 4.20. The van der Waals surface area contributed by atoms with E-state index in [4.69, 9.17) is 0 Å². The van der Waals surface area contributed by atoms with E-state index in [0.717, 1.165) is 17.6 Å². The van der Waals surface area contributed by atoms with E-state index in [9.17, 15) is 0 Å². The fourth-order valence-corrected chi connectivity index (χ4v) is 3.15. The van der Waals surface area contributed by atoms with Crippen LogP contribution in [-0.2, 0) is 6.42 Å². The highest BCUT2D eigenvalue weighted by molar-refractivity contribution is 7.79.